The molecule has 0 radical (unpaired) electrons. The molecule has 1 aromatic carbocycles. The Labute approximate surface area is 122 Å². The van der Waals surface area contributed by atoms with Crippen LogP contribution in [0.15, 0.2) is 47.9 Å². The lowest BCUT2D eigenvalue weighted by molar-refractivity contribution is 0.601. The van der Waals surface area contributed by atoms with Gasteiger partial charge in [0.1, 0.15) is 6.33 Å². The zero-order chi connectivity index (χ0) is 13.5. The third kappa shape index (κ3) is 4.49. The first-order chi connectivity index (χ1) is 9.29. The lowest BCUT2D eigenvalue weighted by Crippen LogP contribution is -2.23. The number of hydrogen-bond donors (Lipinski definition) is 1. The zero-order valence-corrected chi connectivity index (χ0v) is 12.3. The third-order valence-electron chi connectivity index (χ3n) is 2.65. The second kappa shape index (κ2) is 7.48. The molecule has 0 aliphatic carbocycles. The predicted molar refractivity (Wildman–Crippen MR) is 80.6 cm³/mol. The number of nitrogens with zero attached hydrogens (tertiary/aromatic N) is 2. The summed E-state index contributed by atoms with van der Waals surface area (Å²) in [4.78, 5) is 9.32. The Morgan fingerprint density at radius 1 is 1.32 bits per heavy atom. The largest absolute Gasteiger partial charge is 0.309 e. The summed E-state index contributed by atoms with van der Waals surface area (Å²) in [6, 6.07) is 8.16. The van der Waals surface area contributed by atoms with Gasteiger partial charge in [-0.15, -0.1) is 11.8 Å². The molecule has 0 aliphatic heterocycles. The van der Waals surface area contributed by atoms with Crippen molar-refractivity contribution in [3.8, 4) is 0 Å². The van der Waals surface area contributed by atoms with Crippen molar-refractivity contribution < 1.29 is 0 Å². The van der Waals surface area contributed by atoms with Crippen LogP contribution in [-0.2, 0) is 0 Å². The van der Waals surface area contributed by atoms with Crippen LogP contribution in [0.2, 0.25) is 5.02 Å². The highest BCUT2D eigenvalue weighted by Crippen LogP contribution is 2.26. The van der Waals surface area contributed by atoms with Gasteiger partial charge in [0.2, 0.25) is 0 Å². The summed E-state index contributed by atoms with van der Waals surface area (Å²) in [5, 5.41) is 4.22. The molecule has 19 heavy (non-hydrogen) atoms. The molecule has 1 atom stereocenters. The van der Waals surface area contributed by atoms with Gasteiger partial charge in [0.05, 0.1) is 0 Å². The predicted octanol–water partition coefficient (Wildman–Crippen LogP) is 3.57. The third-order valence-corrected chi connectivity index (χ3v) is 3.97. The second-order valence-corrected chi connectivity index (χ2v) is 5.58. The van der Waals surface area contributed by atoms with E-state index >= 15 is 0 Å². The van der Waals surface area contributed by atoms with Crippen molar-refractivity contribution in [2.24, 2.45) is 0 Å². The summed E-state index contributed by atoms with van der Waals surface area (Å²) in [7, 11) is 0. The fourth-order valence-corrected chi connectivity index (χ4v) is 3.06. The van der Waals surface area contributed by atoms with Crippen LogP contribution < -0.4 is 5.32 Å². The van der Waals surface area contributed by atoms with Crippen molar-refractivity contribution in [1.82, 2.24) is 15.3 Å². The summed E-state index contributed by atoms with van der Waals surface area (Å²) >= 11 is 7.76. The van der Waals surface area contributed by atoms with E-state index < -0.39 is 0 Å². The van der Waals surface area contributed by atoms with E-state index in [0.29, 0.717) is 0 Å². The van der Waals surface area contributed by atoms with Crippen LogP contribution in [-0.4, -0.2) is 22.3 Å². The number of aromatic nitrogens is 2. The topological polar surface area (TPSA) is 37.8 Å². The highest BCUT2D eigenvalue weighted by Gasteiger charge is 2.11. The van der Waals surface area contributed by atoms with Crippen molar-refractivity contribution in [3.63, 3.8) is 0 Å². The maximum absolute atomic E-state index is 5.99. The molecule has 5 heteroatoms. The minimum atomic E-state index is 0.246. The van der Waals surface area contributed by atoms with E-state index in [2.05, 4.69) is 28.3 Å². The van der Waals surface area contributed by atoms with Gasteiger partial charge in [0, 0.05) is 39.7 Å². The maximum atomic E-state index is 5.99. The van der Waals surface area contributed by atoms with Gasteiger partial charge in [0.25, 0.3) is 0 Å². The molecule has 1 N–H and O–H groups in total. The first-order valence-electron chi connectivity index (χ1n) is 6.16. The van der Waals surface area contributed by atoms with E-state index in [4.69, 9.17) is 11.6 Å². The van der Waals surface area contributed by atoms with Gasteiger partial charge >= 0.3 is 0 Å². The molecule has 0 spiro atoms. The lowest BCUT2D eigenvalue weighted by atomic mass is 10.2. The molecule has 100 valence electrons. The molecule has 1 aromatic heterocycles. The molecule has 0 saturated heterocycles. The SMILES string of the molecule is CCNC(CSc1cccc(Cl)c1)c1cncnc1. The number of hydrogen-bond acceptors (Lipinski definition) is 4. The van der Waals surface area contributed by atoms with Crippen LogP contribution in [0.4, 0.5) is 0 Å². The van der Waals surface area contributed by atoms with E-state index in [9.17, 15) is 0 Å². The van der Waals surface area contributed by atoms with E-state index in [1.165, 1.54) is 4.90 Å². The maximum Gasteiger partial charge on any atom is 0.115 e. The lowest BCUT2D eigenvalue weighted by Gasteiger charge is -2.17. The summed E-state index contributed by atoms with van der Waals surface area (Å²) < 4.78 is 0. The molecule has 0 saturated carbocycles. The van der Waals surface area contributed by atoms with Crippen LogP contribution in [0.1, 0.15) is 18.5 Å². The number of halogens is 1. The number of thioether (sulfide) groups is 1. The van der Waals surface area contributed by atoms with E-state index in [1.54, 1.807) is 18.1 Å². The van der Waals surface area contributed by atoms with Crippen molar-refractivity contribution in [3.05, 3.63) is 53.6 Å². The van der Waals surface area contributed by atoms with Crippen molar-refractivity contribution in [2.75, 3.05) is 12.3 Å². The standard InChI is InChI=1S/C14H16ClN3S/c1-2-18-14(11-7-16-10-17-8-11)9-19-13-5-3-4-12(15)6-13/h3-8,10,14,18H,2,9H2,1H3. The van der Waals surface area contributed by atoms with Crippen molar-refractivity contribution in [1.29, 1.82) is 0 Å². The molecule has 0 aliphatic rings. The molecule has 0 bridgehead atoms. The van der Waals surface area contributed by atoms with Gasteiger partial charge in [-0.3, -0.25) is 0 Å². The highest BCUT2D eigenvalue weighted by molar-refractivity contribution is 7.99. The van der Waals surface area contributed by atoms with E-state index in [1.807, 2.05) is 30.6 Å². The van der Waals surface area contributed by atoms with Gasteiger partial charge < -0.3 is 5.32 Å². The van der Waals surface area contributed by atoms with Gasteiger partial charge in [0.15, 0.2) is 0 Å². The summed E-state index contributed by atoms with van der Waals surface area (Å²) in [6.07, 6.45) is 5.27. The second-order valence-electron chi connectivity index (χ2n) is 4.05. The van der Waals surface area contributed by atoms with Crippen LogP contribution in [0.5, 0.6) is 0 Å². The minimum Gasteiger partial charge on any atom is -0.309 e. The molecule has 1 unspecified atom stereocenters. The van der Waals surface area contributed by atoms with Crippen LogP contribution >= 0.6 is 23.4 Å². The normalized spacial score (nSPS) is 12.3. The Morgan fingerprint density at radius 3 is 2.79 bits per heavy atom. The van der Waals surface area contributed by atoms with Crippen LogP contribution in [0.25, 0.3) is 0 Å². The number of nitrogens with one attached hydrogen (secondary N) is 1. The van der Waals surface area contributed by atoms with Crippen LogP contribution in [0, 0.1) is 0 Å². The first kappa shape index (κ1) is 14.3. The fourth-order valence-electron chi connectivity index (χ4n) is 1.75. The number of benzene rings is 1. The first-order valence-corrected chi connectivity index (χ1v) is 7.52. The van der Waals surface area contributed by atoms with Crippen LogP contribution in [0.3, 0.4) is 0 Å². The molecule has 1 heterocycles. The van der Waals surface area contributed by atoms with Crippen molar-refractivity contribution >= 4 is 23.4 Å². The number of rotatable bonds is 6. The molecule has 3 nitrogen and oxygen atoms in total. The van der Waals surface area contributed by atoms with Gasteiger partial charge in [-0.1, -0.05) is 24.6 Å². The molecule has 0 fully saturated rings. The Balaban J connectivity index is 2.01. The molecular formula is C14H16ClN3S. The Kier molecular flexibility index (Phi) is 5.63. The minimum absolute atomic E-state index is 0.246. The Morgan fingerprint density at radius 2 is 2.11 bits per heavy atom. The molecular weight excluding hydrogens is 278 g/mol. The summed E-state index contributed by atoms with van der Waals surface area (Å²) in [5.41, 5.74) is 1.11. The summed E-state index contributed by atoms with van der Waals surface area (Å²) in [5.74, 6) is 0.918. The van der Waals surface area contributed by atoms with Gasteiger partial charge in [-0.25, -0.2) is 9.97 Å². The quantitative estimate of drug-likeness (QED) is 0.826. The van der Waals surface area contributed by atoms with E-state index in [-0.39, 0.29) is 6.04 Å². The highest BCUT2D eigenvalue weighted by atomic mass is 35.5. The van der Waals surface area contributed by atoms with Gasteiger partial charge in [-0.05, 0) is 24.7 Å². The smallest absolute Gasteiger partial charge is 0.115 e. The molecule has 2 aromatic rings. The Bertz CT molecular complexity index is 507. The summed E-state index contributed by atoms with van der Waals surface area (Å²) in [6.45, 7) is 3.01. The average Bonchev–Trinajstić information content (AvgIpc) is 2.44. The average molecular weight is 294 g/mol. The van der Waals surface area contributed by atoms with Gasteiger partial charge in [-0.2, -0.15) is 0 Å². The monoisotopic (exact) mass is 293 g/mol. The van der Waals surface area contributed by atoms with E-state index in [0.717, 1.165) is 22.9 Å². The van der Waals surface area contributed by atoms with Crippen molar-refractivity contribution in [2.45, 2.75) is 17.9 Å². The zero-order valence-electron chi connectivity index (χ0n) is 10.7. The molecule has 0 amide bonds. The fraction of sp³-hybridized carbons (Fsp3) is 0.286. The molecule has 2 rings (SSSR count). The Hall–Kier alpha value is -1.10.